The van der Waals surface area contributed by atoms with Gasteiger partial charge in [-0.25, -0.2) is 0 Å². The summed E-state index contributed by atoms with van der Waals surface area (Å²) < 4.78 is 26.1. The van der Waals surface area contributed by atoms with E-state index in [9.17, 15) is 13.2 Å². The molecular weight excluding hydrogens is 220 g/mol. The molecule has 1 N–H and O–H groups in total. The fourth-order valence-electron chi connectivity index (χ4n) is 1.01. The smallest absolute Gasteiger partial charge is 0.307 e. The van der Waals surface area contributed by atoms with Crippen LogP contribution in [0.4, 0.5) is 0 Å². The van der Waals surface area contributed by atoms with Crippen molar-refractivity contribution in [1.82, 2.24) is 0 Å². The van der Waals surface area contributed by atoms with Crippen LogP contribution in [0.1, 0.15) is 5.56 Å². The number of hydrogen-bond donors (Lipinski definition) is 1. The number of rotatable bonds is 4. The first-order valence-electron chi connectivity index (χ1n) is 4.07. The lowest BCUT2D eigenvalue weighted by molar-refractivity contribution is -0.136. The molecule has 0 fully saturated rings. The summed E-state index contributed by atoms with van der Waals surface area (Å²) in [7, 11) is -3.53. The molecule has 0 heterocycles. The Bertz CT molecular complexity index is 446. The van der Waals surface area contributed by atoms with Crippen LogP contribution < -0.4 is 4.18 Å². The molecule has 0 amide bonds. The minimum atomic E-state index is -3.53. The van der Waals surface area contributed by atoms with Crippen LogP contribution >= 0.6 is 0 Å². The average Bonchev–Trinajstić information content (AvgIpc) is 2.05. The monoisotopic (exact) mass is 230 g/mol. The molecule has 5 nitrogen and oxygen atoms in total. The second-order valence-electron chi connectivity index (χ2n) is 3.00. The molecule has 1 aromatic rings. The normalized spacial score (nSPS) is 11.0. The molecule has 0 saturated carbocycles. The maximum atomic E-state index is 10.7. The summed E-state index contributed by atoms with van der Waals surface area (Å²) in [6.45, 7) is 0. The highest BCUT2D eigenvalue weighted by atomic mass is 32.2. The molecule has 0 bridgehead atoms. The van der Waals surface area contributed by atoms with Crippen LogP contribution in [0, 0.1) is 0 Å². The second kappa shape index (κ2) is 4.31. The lowest BCUT2D eigenvalue weighted by Crippen LogP contribution is -2.06. The summed E-state index contributed by atoms with van der Waals surface area (Å²) in [5.41, 5.74) is 0.586. The standard InChI is InChI=1S/C9H10O5S/c1-15(12,13)14-8-4-2-7(3-5-8)6-9(10)11/h2-5H,6H2,1H3,(H,10,11). The fraction of sp³-hybridized carbons (Fsp3) is 0.222. The second-order valence-corrected chi connectivity index (χ2v) is 4.58. The van der Waals surface area contributed by atoms with Gasteiger partial charge >= 0.3 is 16.1 Å². The Kier molecular flexibility index (Phi) is 3.31. The molecule has 82 valence electrons. The van der Waals surface area contributed by atoms with Crippen molar-refractivity contribution < 1.29 is 22.5 Å². The average molecular weight is 230 g/mol. The number of carboxylic acids is 1. The summed E-state index contributed by atoms with van der Waals surface area (Å²) >= 11 is 0. The van der Waals surface area contributed by atoms with Gasteiger partial charge in [0.15, 0.2) is 0 Å². The highest BCUT2D eigenvalue weighted by Crippen LogP contribution is 2.14. The number of carboxylic acid groups (broad SMARTS) is 1. The van der Waals surface area contributed by atoms with E-state index in [0.29, 0.717) is 5.56 Å². The van der Waals surface area contributed by atoms with Gasteiger partial charge in [-0.05, 0) is 17.7 Å². The largest absolute Gasteiger partial charge is 0.481 e. The van der Waals surface area contributed by atoms with Crippen molar-refractivity contribution in [1.29, 1.82) is 0 Å². The molecular formula is C9H10O5S. The number of benzene rings is 1. The molecule has 1 rings (SSSR count). The van der Waals surface area contributed by atoms with Crippen LogP contribution in [0.15, 0.2) is 24.3 Å². The Morgan fingerprint density at radius 3 is 2.27 bits per heavy atom. The Morgan fingerprint density at radius 2 is 1.87 bits per heavy atom. The SMILES string of the molecule is CS(=O)(=O)Oc1ccc(CC(=O)O)cc1. The van der Waals surface area contributed by atoms with Crippen molar-refractivity contribution in [3.05, 3.63) is 29.8 Å². The number of hydrogen-bond acceptors (Lipinski definition) is 4. The number of carbonyl (C=O) groups is 1. The van der Waals surface area contributed by atoms with Crippen molar-refractivity contribution in [2.24, 2.45) is 0 Å². The van der Waals surface area contributed by atoms with Crippen molar-refractivity contribution in [2.75, 3.05) is 6.26 Å². The predicted molar refractivity (Wildman–Crippen MR) is 53.3 cm³/mol. The van der Waals surface area contributed by atoms with E-state index in [2.05, 4.69) is 4.18 Å². The Labute approximate surface area is 87.4 Å². The zero-order valence-corrected chi connectivity index (χ0v) is 8.82. The van der Waals surface area contributed by atoms with Gasteiger partial charge in [0.25, 0.3) is 0 Å². The minimum absolute atomic E-state index is 0.0981. The van der Waals surface area contributed by atoms with Gasteiger partial charge < -0.3 is 9.29 Å². The summed E-state index contributed by atoms with van der Waals surface area (Å²) in [4.78, 5) is 10.4. The highest BCUT2D eigenvalue weighted by Gasteiger charge is 2.05. The maximum Gasteiger partial charge on any atom is 0.307 e. The van der Waals surface area contributed by atoms with Crippen molar-refractivity contribution in [3.63, 3.8) is 0 Å². The summed E-state index contributed by atoms with van der Waals surface area (Å²) in [6, 6.07) is 5.85. The van der Waals surface area contributed by atoms with E-state index in [1.807, 2.05) is 0 Å². The van der Waals surface area contributed by atoms with E-state index in [-0.39, 0.29) is 12.2 Å². The van der Waals surface area contributed by atoms with Gasteiger partial charge in [0.1, 0.15) is 5.75 Å². The van der Waals surface area contributed by atoms with E-state index in [1.165, 1.54) is 24.3 Å². The maximum absolute atomic E-state index is 10.7. The van der Waals surface area contributed by atoms with Crippen molar-refractivity contribution >= 4 is 16.1 Å². The van der Waals surface area contributed by atoms with Crippen molar-refractivity contribution in [3.8, 4) is 5.75 Å². The molecule has 0 saturated heterocycles. The van der Waals surface area contributed by atoms with E-state index >= 15 is 0 Å². The third kappa shape index (κ3) is 4.46. The molecule has 0 unspecified atom stereocenters. The van der Waals surface area contributed by atoms with Gasteiger partial charge in [-0.15, -0.1) is 0 Å². The lowest BCUT2D eigenvalue weighted by Gasteiger charge is -2.03. The first-order chi connectivity index (χ1) is 6.87. The molecule has 0 aromatic heterocycles. The highest BCUT2D eigenvalue weighted by molar-refractivity contribution is 7.86. The third-order valence-corrected chi connectivity index (χ3v) is 2.02. The zero-order chi connectivity index (χ0) is 11.5. The molecule has 0 atom stereocenters. The first-order valence-corrected chi connectivity index (χ1v) is 5.89. The summed E-state index contributed by atoms with van der Waals surface area (Å²) in [5.74, 6) is -0.765. The molecule has 0 aliphatic heterocycles. The van der Waals surface area contributed by atoms with Gasteiger partial charge in [-0.3, -0.25) is 4.79 Å². The summed E-state index contributed by atoms with van der Waals surface area (Å²) in [5, 5.41) is 8.50. The van der Waals surface area contributed by atoms with E-state index in [4.69, 9.17) is 5.11 Å². The Morgan fingerprint density at radius 1 is 1.33 bits per heavy atom. The molecule has 1 aromatic carbocycles. The topological polar surface area (TPSA) is 80.7 Å². The van der Waals surface area contributed by atoms with Crippen LogP contribution in [-0.2, 0) is 21.3 Å². The molecule has 0 aliphatic carbocycles. The van der Waals surface area contributed by atoms with E-state index < -0.39 is 16.1 Å². The van der Waals surface area contributed by atoms with E-state index in [0.717, 1.165) is 6.26 Å². The minimum Gasteiger partial charge on any atom is -0.481 e. The molecule has 0 radical (unpaired) electrons. The summed E-state index contributed by atoms with van der Waals surface area (Å²) in [6.07, 6.45) is 0.845. The van der Waals surface area contributed by atoms with Crippen LogP contribution in [0.25, 0.3) is 0 Å². The molecule has 0 aliphatic rings. The van der Waals surface area contributed by atoms with Gasteiger partial charge in [0, 0.05) is 0 Å². The lowest BCUT2D eigenvalue weighted by atomic mass is 10.1. The fourth-order valence-corrected chi connectivity index (χ4v) is 1.47. The van der Waals surface area contributed by atoms with Crippen LogP contribution in [0.2, 0.25) is 0 Å². The molecule has 6 heteroatoms. The van der Waals surface area contributed by atoms with Crippen LogP contribution in [-0.4, -0.2) is 25.7 Å². The van der Waals surface area contributed by atoms with Crippen LogP contribution in [0.5, 0.6) is 5.75 Å². The van der Waals surface area contributed by atoms with Crippen LogP contribution in [0.3, 0.4) is 0 Å². The first kappa shape index (κ1) is 11.5. The number of aliphatic carboxylic acids is 1. The van der Waals surface area contributed by atoms with E-state index in [1.54, 1.807) is 0 Å². The molecule has 15 heavy (non-hydrogen) atoms. The predicted octanol–water partition coefficient (Wildman–Crippen LogP) is 0.652. The van der Waals surface area contributed by atoms with Gasteiger partial charge in [-0.1, -0.05) is 12.1 Å². The third-order valence-electron chi connectivity index (χ3n) is 1.53. The van der Waals surface area contributed by atoms with Gasteiger partial charge in [0.2, 0.25) is 0 Å². The molecule has 0 spiro atoms. The van der Waals surface area contributed by atoms with Crippen molar-refractivity contribution in [2.45, 2.75) is 6.42 Å². The van der Waals surface area contributed by atoms with Gasteiger partial charge in [0.05, 0.1) is 12.7 Å². The Balaban J connectivity index is 2.77. The quantitative estimate of drug-likeness (QED) is 0.768. The van der Waals surface area contributed by atoms with Gasteiger partial charge in [-0.2, -0.15) is 8.42 Å². The zero-order valence-electron chi connectivity index (χ0n) is 8.00. The Hall–Kier alpha value is -1.56.